The highest BCUT2D eigenvalue weighted by molar-refractivity contribution is 8.01. The predicted molar refractivity (Wildman–Crippen MR) is 135 cm³/mol. The maximum atomic E-state index is 13.5. The van der Waals surface area contributed by atoms with Crippen LogP contribution >= 0.6 is 23.1 Å². The van der Waals surface area contributed by atoms with E-state index >= 15 is 0 Å². The lowest BCUT2D eigenvalue weighted by molar-refractivity contribution is -0.143. The first-order chi connectivity index (χ1) is 16.3. The third-order valence-electron chi connectivity index (χ3n) is 9.77. The van der Waals surface area contributed by atoms with Crippen molar-refractivity contribution in [1.82, 2.24) is 9.97 Å². The van der Waals surface area contributed by atoms with Crippen molar-refractivity contribution in [3.05, 3.63) is 30.0 Å². The van der Waals surface area contributed by atoms with Crippen molar-refractivity contribution in [3.8, 4) is 0 Å². The van der Waals surface area contributed by atoms with Gasteiger partial charge in [0.25, 0.3) is 0 Å². The molecule has 4 aliphatic carbocycles. The molecule has 34 heavy (non-hydrogen) atoms. The Morgan fingerprint density at radius 2 is 2.12 bits per heavy atom. The Morgan fingerprint density at radius 3 is 2.94 bits per heavy atom. The van der Waals surface area contributed by atoms with Crippen molar-refractivity contribution in [3.63, 3.8) is 0 Å². The van der Waals surface area contributed by atoms with E-state index in [2.05, 4.69) is 23.8 Å². The number of carbonyl (C=O) groups is 2. The number of rotatable bonds is 4. The van der Waals surface area contributed by atoms with Crippen LogP contribution in [0.1, 0.15) is 58.8 Å². The number of thioether (sulfide) groups is 1. The third kappa shape index (κ3) is 3.45. The van der Waals surface area contributed by atoms with E-state index in [9.17, 15) is 14.7 Å². The summed E-state index contributed by atoms with van der Waals surface area (Å²) < 4.78 is 1.95. The minimum Gasteiger partial charge on any atom is -0.393 e. The molecular formula is C27H32N2O3S2. The highest BCUT2D eigenvalue weighted by atomic mass is 32.2. The molecule has 2 aromatic heterocycles. The number of ketones is 2. The molecule has 0 saturated heterocycles. The largest absolute Gasteiger partial charge is 0.393 e. The maximum absolute atomic E-state index is 13.5. The molecule has 5 nitrogen and oxygen atoms in total. The molecule has 3 fully saturated rings. The molecule has 6 rings (SSSR count). The number of Topliss-reactive ketones (excluding diaryl/α,β-unsaturated/α-hetero) is 1. The van der Waals surface area contributed by atoms with Crippen LogP contribution < -0.4 is 0 Å². The predicted octanol–water partition coefficient (Wildman–Crippen LogP) is 5.47. The van der Waals surface area contributed by atoms with Crippen LogP contribution in [0.2, 0.25) is 0 Å². The van der Waals surface area contributed by atoms with Gasteiger partial charge in [-0.25, -0.2) is 9.97 Å². The quantitative estimate of drug-likeness (QED) is 0.565. The fraction of sp³-hybridized carbons (Fsp3) is 0.630. The van der Waals surface area contributed by atoms with Crippen molar-refractivity contribution in [2.75, 3.05) is 5.75 Å². The number of hydrogen-bond acceptors (Lipinski definition) is 7. The van der Waals surface area contributed by atoms with Crippen molar-refractivity contribution in [2.24, 2.45) is 34.5 Å². The molecular weight excluding hydrogens is 464 g/mol. The smallest absolute Gasteiger partial charge is 0.171 e. The number of aliphatic hydroxyl groups is 1. The molecule has 7 heteroatoms. The molecule has 0 spiro atoms. The van der Waals surface area contributed by atoms with Gasteiger partial charge in [-0.2, -0.15) is 0 Å². The number of hydrogen-bond donors (Lipinski definition) is 1. The van der Waals surface area contributed by atoms with Gasteiger partial charge in [-0.05, 0) is 85.3 Å². The summed E-state index contributed by atoms with van der Waals surface area (Å²) in [6.07, 6.45) is 9.36. The summed E-state index contributed by atoms with van der Waals surface area (Å²) in [6.45, 7) is 4.56. The van der Waals surface area contributed by atoms with E-state index in [1.807, 2.05) is 18.2 Å². The molecule has 0 bridgehead atoms. The van der Waals surface area contributed by atoms with Gasteiger partial charge in [0.15, 0.2) is 15.8 Å². The molecule has 0 radical (unpaired) electrons. The molecule has 6 unspecified atom stereocenters. The fourth-order valence-corrected chi connectivity index (χ4v) is 10.2. The highest BCUT2D eigenvalue weighted by Gasteiger charge is 2.62. The molecule has 3 saturated carbocycles. The van der Waals surface area contributed by atoms with Crippen molar-refractivity contribution in [1.29, 1.82) is 0 Å². The number of thiazole rings is 1. The summed E-state index contributed by atoms with van der Waals surface area (Å²) in [5, 5.41) is 11.5. The van der Waals surface area contributed by atoms with E-state index in [1.165, 1.54) is 17.3 Å². The summed E-state index contributed by atoms with van der Waals surface area (Å²) in [6, 6.07) is 3.93. The molecule has 2 heterocycles. The lowest BCUT2D eigenvalue weighted by Crippen LogP contribution is -2.57. The lowest BCUT2D eigenvalue weighted by Gasteiger charge is -2.59. The summed E-state index contributed by atoms with van der Waals surface area (Å²) in [5.74, 6) is 2.10. The summed E-state index contributed by atoms with van der Waals surface area (Å²) in [7, 11) is 0. The van der Waals surface area contributed by atoms with Gasteiger partial charge < -0.3 is 5.11 Å². The second-order valence-corrected chi connectivity index (χ2v) is 13.6. The fourth-order valence-electron chi connectivity index (χ4n) is 8.26. The normalized spacial score (nSPS) is 39.3. The van der Waals surface area contributed by atoms with Gasteiger partial charge in [-0.3, -0.25) is 9.59 Å². The number of carbonyl (C=O) groups excluding carboxylic acids is 2. The molecule has 4 aliphatic rings. The molecule has 2 aromatic rings. The SMILES string of the molecule is CC12CCC(=O)C=C1CCC1C2[C@@H](O)CC2(C)C(C(=O)CSc3nc4ncccc4s3)CCC12. The van der Waals surface area contributed by atoms with Gasteiger partial charge in [-0.15, -0.1) is 11.3 Å². The zero-order valence-electron chi connectivity index (χ0n) is 19.8. The Labute approximate surface area is 208 Å². The molecule has 180 valence electrons. The van der Waals surface area contributed by atoms with Gasteiger partial charge in [0, 0.05) is 18.5 Å². The van der Waals surface area contributed by atoms with Crippen molar-refractivity contribution >= 4 is 45.0 Å². The van der Waals surface area contributed by atoms with E-state index in [0.717, 1.165) is 46.8 Å². The van der Waals surface area contributed by atoms with Crippen LogP contribution in [0.4, 0.5) is 0 Å². The second-order valence-electron chi connectivity index (χ2n) is 11.4. The first kappa shape index (κ1) is 22.9. The Kier molecular flexibility index (Phi) is 5.54. The standard InChI is InChI=1S/C27H32N2O3S2/c1-26-10-9-16(30)12-15(26)5-6-17-18-7-8-19(27(18,2)13-20(31)23(17)26)21(32)14-33-25-29-24-22(34-25)4-3-11-28-24/h3-4,11-12,17-20,23,31H,5-10,13-14H2,1-2H3/t17?,18?,19?,20-,23?,26?,27?/m0/s1. The zero-order chi connectivity index (χ0) is 23.7. The van der Waals surface area contributed by atoms with E-state index in [0.29, 0.717) is 36.2 Å². The number of fused-ring (bicyclic) bond motifs is 6. The maximum Gasteiger partial charge on any atom is 0.171 e. The Hall–Kier alpha value is -1.57. The topological polar surface area (TPSA) is 80.1 Å². The Bertz CT molecular complexity index is 1160. The van der Waals surface area contributed by atoms with Crippen LogP contribution in [-0.2, 0) is 9.59 Å². The first-order valence-corrected chi connectivity index (χ1v) is 14.4. The number of allylic oxidation sites excluding steroid dienone is 1. The number of nitrogens with zero attached hydrogens (tertiary/aromatic N) is 2. The van der Waals surface area contributed by atoms with Crippen LogP contribution in [0.5, 0.6) is 0 Å². The molecule has 0 aliphatic heterocycles. The monoisotopic (exact) mass is 496 g/mol. The van der Waals surface area contributed by atoms with Crippen LogP contribution in [0.3, 0.4) is 0 Å². The second kappa shape index (κ2) is 8.24. The Morgan fingerprint density at radius 1 is 1.26 bits per heavy atom. The molecule has 7 atom stereocenters. The molecule has 1 N–H and O–H groups in total. The summed E-state index contributed by atoms with van der Waals surface area (Å²) >= 11 is 3.13. The van der Waals surface area contributed by atoms with Crippen LogP contribution in [0, 0.1) is 34.5 Å². The average molecular weight is 497 g/mol. The molecule has 0 amide bonds. The third-order valence-corrected chi connectivity index (χ3v) is 11.9. The molecule has 0 aromatic carbocycles. The van der Waals surface area contributed by atoms with Gasteiger partial charge in [0.1, 0.15) is 5.78 Å². The van der Waals surface area contributed by atoms with Gasteiger partial charge in [0.2, 0.25) is 0 Å². The van der Waals surface area contributed by atoms with Gasteiger partial charge in [-0.1, -0.05) is 31.2 Å². The van der Waals surface area contributed by atoms with Crippen molar-refractivity contribution in [2.45, 2.75) is 69.2 Å². The first-order valence-electron chi connectivity index (χ1n) is 12.6. The van der Waals surface area contributed by atoms with Crippen molar-refractivity contribution < 1.29 is 14.7 Å². The van der Waals surface area contributed by atoms with Crippen LogP contribution in [-0.4, -0.2) is 38.5 Å². The van der Waals surface area contributed by atoms with E-state index < -0.39 is 6.10 Å². The van der Waals surface area contributed by atoms with E-state index in [4.69, 9.17) is 0 Å². The van der Waals surface area contributed by atoms with Crippen LogP contribution in [0.25, 0.3) is 10.3 Å². The van der Waals surface area contributed by atoms with E-state index in [1.54, 1.807) is 17.5 Å². The highest BCUT2D eigenvalue weighted by Crippen LogP contribution is 2.66. The summed E-state index contributed by atoms with van der Waals surface area (Å²) in [4.78, 5) is 34.5. The lowest BCUT2D eigenvalue weighted by atomic mass is 9.46. The number of aromatic nitrogens is 2. The van der Waals surface area contributed by atoms with Crippen LogP contribution in [0.15, 0.2) is 34.3 Å². The summed E-state index contributed by atoms with van der Waals surface area (Å²) in [5.41, 5.74) is 1.80. The zero-order valence-corrected chi connectivity index (χ0v) is 21.5. The van der Waals surface area contributed by atoms with Gasteiger partial charge >= 0.3 is 0 Å². The average Bonchev–Trinajstić information content (AvgIpc) is 3.37. The van der Waals surface area contributed by atoms with E-state index in [-0.39, 0.29) is 28.4 Å². The minimum absolute atomic E-state index is 0.00535. The number of pyridine rings is 1. The Balaban J connectivity index is 1.20. The minimum atomic E-state index is -0.412. The van der Waals surface area contributed by atoms with Gasteiger partial charge in [0.05, 0.1) is 16.6 Å². The number of aliphatic hydroxyl groups excluding tert-OH is 1.